The predicted molar refractivity (Wildman–Crippen MR) is 58.1 cm³/mol. The number of primary amides is 1. The Labute approximate surface area is 102 Å². The number of aliphatic hydroxyl groups is 4. The maximum Gasteiger partial charge on any atom is 0.317 e. The lowest BCUT2D eigenvalue weighted by Gasteiger charge is -2.39. The number of ether oxygens (including phenoxy) is 1. The molecule has 10 nitrogen and oxygen atoms in total. The zero-order valence-electron chi connectivity index (χ0n) is 9.30. The summed E-state index contributed by atoms with van der Waals surface area (Å²) in [6.45, 7) is -0.601. The number of urea groups is 1. The van der Waals surface area contributed by atoms with Crippen molar-refractivity contribution in [1.82, 2.24) is 5.32 Å². The molecule has 1 fully saturated rings. The van der Waals surface area contributed by atoms with Crippen LogP contribution >= 0.6 is 0 Å². The molecule has 1 saturated heterocycles. The first-order valence-corrected chi connectivity index (χ1v) is 5.07. The minimum absolute atomic E-state index is 0.320. The Kier molecular flexibility index (Phi) is 4.81. The summed E-state index contributed by atoms with van der Waals surface area (Å²) in [5, 5.41) is 42.9. The van der Waals surface area contributed by atoms with Gasteiger partial charge in [-0.2, -0.15) is 5.10 Å². The summed E-state index contributed by atoms with van der Waals surface area (Å²) in [5.74, 6) is 4.68. The minimum Gasteiger partial charge on any atom is -0.394 e. The monoisotopic (exact) mass is 264 g/mol. The highest BCUT2D eigenvalue weighted by Gasteiger charge is 2.45. The quantitative estimate of drug-likeness (QED) is 0.114. The summed E-state index contributed by atoms with van der Waals surface area (Å²) in [6.07, 6.45) is -7.13. The van der Waals surface area contributed by atoms with E-state index in [2.05, 4.69) is 5.10 Å². The molecule has 0 bridgehead atoms. The van der Waals surface area contributed by atoms with Gasteiger partial charge in [-0.25, -0.2) is 4.79 Å². The number of nitrogens with zero attached hydrogens (tertiary/aromatic N) is 1. The molecule has 104 valence electrons. The third-order valence-corrected chi connectivity index (χ3v) is 2.55. The molecular formula is C8H16N4O6. The number of amidine groups is 1. The average Bonchev–Trinajstić information content (AvgIpc) is 2.34. The Bertz CT molecular complexity index is 336. The predicted octanol–water partition coefficient (Wildman–Crippen LogP) is -4.23. The Morgan fingerprint density at radius 2 is 1.89 bits per heavy atom. The van der Waals surface area contributed by atoms with Crippen LogP contribution in [0.2, 0.25) is 0 Å². The van der Waals surface area contributed by atoms with Crippen molar-refractivity contribution in [2.75, 3.05) is 6.61 Å². The van der Waals surface area contributed by atoms with E-state index in [1.807, 2.05) is 5.32 Å². The number of nitrogens with one attached hydrogen (secondary N) is 1. The molecule has 5 atom stereocenters. The van der Waals surface area contributed by atoms with E-state index in [9.17, 15) is 20.1 Å². The SMILES string of the molecule is N/N=C(\NC(N)=O)[C@@H]1O[C@H](CO)[C@@H](O)[C@H](O)[C@H]1O. The highest BCUT2D eigenvalue weighted by atomic mass is 16.5. The summed E-state index contributed by atoms with van der Waals surface area (Å²) in [5.41, 5.74) is 4.87. The number of hydrogen-bond donors (Lipinski definition) is 7. The number of hydrogen-bond acceptors (Lipinski definition) is 8. The number of amides is 2. The van der Waals surface area contributed by atoms with E-state index in [0.717, 1.165) is 0 Å². The zero-order valence-corrected chi connectivity index (χ0v) is 9.30. The van der Waals surface area contributed by atoms with Gasteiger partial charge in [0.2, 0.25) is 0 Å². The second-order valence-corrected chi connectivity index (χ2v) is 3.75. The van der Waals surface area contributed by atoms with Crippen LogP contribution in [0.1, 0.15) is 0 Å². The van der Waals surface area contributed by atoms with Gasteiger partial charge in [0.15, 0.2) is 5.84 Å². The molecule has 0 unspecified atom stereocenters. The minimum atomic E-state index is -1.59. The second kappa shape index (κ2) is 5.93. The summed E-state index contributed by atoms with van der Waals surface area (Å²) in [4.78, 5) is 10.7. The molecule has 1 aliphatic rings. The molecule has 0 aromatic rings. The van der Waals surface area contributed by atoms with Crippen LogP contribution < -0.4 is 16.9 Å². The molecule has 1 aliphatic heterocycles. The molecule has 2 amide bonds. The lowest BCUT2D eigenvalue weighted by molar-refractivity contribution is -0.212. The number of rotatable bonds is 2. The number of nitrogens with two attached hydrogens (primary N) is 2. The van der Waals surface area contributed by atoms with Gasteiger partial charge in [-0.3, -0.25) is 5.32 Å². The van der Waals surface area contributed by atoms with Gasteiger partial charge in [0.1, 0.15) is 30.5 Å². The van der Waals surface area contributed by atoms with E-state index in [0.29, 0.717) is 0 Å². The molecule has 0 spiro atoms. The van der Waals surface area contributed by atoms with Gasteiger partial charge < -0.3 is 36.7 Å². The first-order chi connectivity index (χ1) is 8.42. The fourth-order valence-electron chi connectivity index (χ4n) is 1.63. The van der Waals surface area contributed by atoms with E-state index >= 15 is 0 Å². The third kappa shape index (κ3) is 2.86. The first kappa shape index (κ1) is 14.6. The van der Waals surface area contributed by atoms with Crippen molar-refractivity contribution < 1.29 is 30.0 Å². The zero-order chi connectivity index (χ0) is 13.9. The Hall–Kier alpha value is -1.46. The maximum absolute atomic E-state index is 10.7. The summed E-state index contributed by atoms with van der Waals surface area (Å²) >= 11 is 0. The van der Waals surface area contributed by atoms with Gasteiger partial charge in [0.05, 0.1) is 6.61 Å². The number of carbonyl (C=O) groups is 1. The normalized spacial score (nSPS) is 37.3. The van der Waals surface area contributed by atoms with Crippen molar-refractivity contribution in [3.8, 4) is 0 Å². The van der Waals surface area contributed by atoms with Crippen molar-refractivity contribution in [1.29, 1.82) is 0 Å². The molecule has 0 saturated carbocycles. The molecule has 0 aromatic heterocycles. The van der Waals surface area contributed by atoms with Crippen molar-refractivity contribution >= 4 is 11.9 Å². The van der Waals surface area contributed by atoms with Gasteiger partial charge in [0.25, 0.3) is 0 Å². The standard InChI is InChI=1S/C8H16N4O6/c9-8(17)11-7(12-10)6-5(16)4(15)3(14)2(1-13)18-6/h2-6,13-16H,1,10H2,(H3,9,11,12,17)/t2-,3-,4+,5-,6-/m1/s1. The highest BCUT2D eigenvalue weighted by Crippen LogP contribution is 2.21. The lowest BCUT2D eigenvalue weighted by atomic mass is 9.94. The first-order valence-electron chi connectivity index (χ1n) is 5.07. The number of hydrazone groups is 1. The average molecular weight is 264 g/mol. The van der Waals surface area contributed by atoms with E-state index in [4.69, 9.17) is 21.4 Å². The van der Waals surface area contributed by atoms with Gasteiger partial charge in [-0.05, 0) is 0 Å². The van der Waals surface area contributed by atoms with Crippen LogP contribution in [0.15, 0.2) is 5.10 Å². The van der Waals surface area contributed by atoms with E-state index in [-0.39, 0.29) is 5.84 Å². The topological polar surface area (TPSA) is 184 Å². The molecule has 0 aliphatic carbocycles. The Morgan fingerprint density at radius 1 is 1.28 bits per heavy atom. The molecule has 9 N–H and O–H groups in total. The Balaban J connectivity index is 2.89. The summed E-state index contributed by atoms with van der Waals surface area (Å²) in [7, 11) is 0. The fourth-order valence-corrected chi connectivity index (χ4v) is 1.63. The number of aliphatic hydroxyl groups excluding tert-OH is 4. The highest BCUT2D eigenvalue weighted by molar-refractivity contribution is 5.99. The van der Waals surface area contributed by atoms with Crippen molar-refractivity contribution in [2.45, 2.75) is 30.5 Å². The van der Waals surface area contributed by atoms with Crippen molar-refractivity contribution in [2.24, 2.45) is 16.7 Å². The molecule has 1 heterocycles. The third-order valence-electron chi connectivity index (χ3n) is 2.55. The van der Waals surface area contributed by atoms with Gasteiger partial charge in [-0.1, -0.05) is 0 Å². The molecule has 0 aromatic carbocycles. The molecule has 18 heavy (non-hydrogen) atoms. The van der Waals surface area contributed by atoms with Crippen LogP contribution in [0, 0.1) is 0 Å². The molecule has 10 heteroatoms. The van der Waals surface area contributed by atoms with Crippen LogP contribution in [0.25, 0.3) is 0 Å². The smallest absolute Gasteiger partial charge is 0.317 e. The van der Waals surface area contributed by atoms with E-state index in [1.165, 1.54) is 0 Å². The van der Waals surface area contributed by atoms with Gasteiger partial charge >= 0.3 is 6.03 Å². The van der Waals surface area contributed by atoms with E-state index in [1.54, 1.807) is 0 Å². The van der Waals surface area contributed by atoms with Crippen LogP contribution in [-0.4, -0.2) is 69.4 Å². The summed E-state index contributed by atoms with van der Waals surface area (Å²) < 4.78 is 5.09. The number of carbonyl (C=O) groups excluding carboxylic acids is 1. The van der Waals surface area contributed by atoms with Gasteiger partial charge in [0, 0.05) is 0 Å². The van der Waals surface area contributed by atoms with Crippen LogP contribution in [0.5, 0.6) is 0 Å². The van der Waals surface area contributed by atoms with Crippen molar-refractivity contribution in [3.05, 3.63) is 0 Å². The molecule has 0 radical (unpaired) electrons. The van der Waals surface area contributed by atoms with Crippen LogP contribution in [0.3, 0.4) is 0 Å². The molecule has 1 rings (SSSR count). The van der Waals surface area contributed by atoms with E-state index < -0.39 is 43.2 Å². The fraction of sp³-hybridized carbons (Fsp3) is 0.750. The Morgan fingerprint density at radius 3 is 2.33 bits per heavy atom. The second-order valence-electron chi connectivity index (χ2n) is 3.75. The summed E-state index contributed by atoms with van der Waals surface area (Å²) in [6, 6.07) is -0.990. The lowest BCUT2D eigenvalue weighted by Crippen LogP contribution is -2.63. The van der Waals surface area contributed by atoms with Gasteiger partial charge in [-0.15, -0.1) is 0 Å². The molecular weight excluding hydrogens is 248 g/mol. The maximum atomic E-state index is 10.7. The van der Waals surface area contributed by atoms with Crippen molar-refractivity contribution in [3.63, 3.8) is 0 Å². The largest absolute Gasteiger partial charge is 0.394 e. The van der Waals surface area contributed by atoms with Crippen LogP contribution in [-0.2, 0) is 4.74 Å². The van der Waals surface area contributed by atoms with Crippen LogP contribution in [0.4, 0.5) is 4.79 Å².